The van der Waals surface area contributed by atoms with Crippen molar-refractivity contribution in [1.29, 1.82) is 0 Å². The van der Waals surface area contributed by atoms with E-state index in [-0.39, 0.29) is 22.4 Å². The first-order valence-electron chi connectivity index (χ1n) is 17.5. The van der Waals surface area contributed by atoms with E-state index in [9.17, 15) is 9.90 Å². The fourth-order valence-electron chi connectivity index (χ4n) is 9.13. The highest BCUT2D eigenvalue weighted by Crippen LogP contribution is 2.57. The Balaban J connectivity index is 1.25. The normalized spacial score (nSPS) is 21.6. The second-order valence-electron chi connectivity index (χ2n) is 15.1. The van der Waals surface area contributed by atoms with Gasteiger partial charge in [0.2, 0.25) is 11.5 Å². The number of ketones is 1. The molecule has 2 aliphatic heterocycles. The van der Waals surface area contributed by atoms with Crippen molar-refractivity contribution in [2.24, 2.45) is 5.92 Å². The number of anilines is 1. The summed E-state index contributed by atoms with van der Waals surface area (Å²) in [6.07, 6.45) is 10.7. The quantitative estimate of drug-likeness (QED) is 0.178. The molecule has 4 nitrogen and oxygen atoms in total. The van der Waals surface area contributed by atoms with Gasteiger partial charge in [0.15, 0.2) is 5.71 Å². The Labute approximate surface area is 278 Å². The molecule has 47 heavy (non-hydrogen) atoms. The predicted octanol–water partition coefficient (Wildman–Crippen LogP) is 9.97. The summed E-state index contributed by atoms with van der Waals surface area (Å²) >= 11 is 0. The maximum atomic E-state index is 14.1. The highest BCUT2D eigenvalue weighted by atomic mass is 16.3. The van der Waals surface area contributed by atoms with Gasteiger partial charge in [-0.3, -0.25) is 4.79 Å². The highest BCUT2D eigenvalue weighted by molar-refractivity contribution is 6.24. The molecule has 238 valence electrons. The average Bonchev–Trinajstić information content (AvgIpc) is 3.44. The molecule has 1 fully saturated rings. The van der Waals surface area contributed by atoms with Gasteiger partial charge in [-0.1, -0.05) is 87.7 Å². The Morgan fingerprint density at radius 2 is 1.49 bits per heavy atom. The molecular weight excluding hydrogens is 576 g/mol. The highest BCUT2D eigenvalue weighted by Gasteiger charge is 2.50. The van der Waals surface area contributed by atoms with E-state index in [2.05, 4.69) is 117 Å². The summed E-state index contributed by atoms with van der Waals surface area (Å²) < 4.78 is 2.40. The Hall–Kier alpha value is -4.44. The Kier molecular flexibility index (Phi) is 6.88. The minimum Gasteiger partial charge on any atom is -0.506 e. The van der Waals surface area contributed by atoms with E-state index >= 15 is 0 Å². The third-order valence-electron chi connectivity index (χ3n) is 11.6. The molecule has 4 heteroatoms. The van der Waals surface area contributed by atoms with Crippen molar-refractivity contribution < 1.29 is 14.5 Å². The number of aliphatic hydroxyl groups is 1. The molecule has 2 aliphatic carbocycles. The van der Waals surface area contributed by atoms with E-state index in [1.54, 1.807) is 0 Å². The lowest BCUT2D eigenvalue weighted by atomic mass is 9.67. The van der Waals surface area contributed by atoms with Crippen molar-refractivity contribution in [1.82, 2.24) is 0 Å². The van der Waals surface area contributed by atoms with Crippen molar-refractivity contribution in [3.05, 3.63) is 119 Å². The number of benzene rings is 4. The molecule has 0 radical (unpaired) electrons. The van der Waals surface area contributed by atoms with E-state index in [0.29, 0.717) is 17.1 Å². The van der Waals surface area contributed by atoms with Crippen molar-refractivity contribution in [3.8, 4) is 0 Å². The van der Waals surface area contributed by atoms with Gasteiger partial charge in [-0.05, 0) is 77.9 Å². The molecule has 1 spiro atoms. The molecule has 4 aromatic rings. The third kappa shape index (κ3) is 4.33. The molecule has 0 atom stereocenters. The van der Waals surface area contributed by atoms with Crippen LogP contribution in [-0.4, -0.2) is 34.8 Å². The third-order valence-corrected chi connectivity index (χ3v) is 11.6. The summed E-state index contributed by atoms with van der Waals surface area (Å²) in [6, 6.07) is 26.2. The van der Waals surface area contributed by atoms with Gasteiger partial charge in [-0.2, -0.15) is 4.58 Å². The van der Waals surface area contributed by atoms with Crippen molar-refractivity contribution in [2.45, 2.75) is 77.0 Å². The van der Waals surface area contributed by atoms with Gasteiger partial charge in [0.25, 0.3) is 0 Å². The van der Waals surface area contributed by atoms with Crippen molar-refractivity contribution in [2.75, 3.05) is 18.5 Å². The van der Waals surface area contributed by atoms with Gasteiger partial charge in [-0.15, -0.1) is 0 Å². The number of rotatable bonds is 5. The van der Waals surface area contributed by atoms with Crippen LogP contribution in [0.1, 0.15) is 77.3 Å². The van der Waals surface area contributed by atoms with Gasteiger partial charge in [-0.25, -0.2) is 0 Å². The first-order valence-corrected chi connectivity index (χ1v) is 17.5. The van der Waals surface area contributed by atoms with E-state index in [1.165, 1.54) is 50.5 Å². The number of fused-ring (bicyclic) bond motifs is 7. The number of aliphatic hydroxyl groups excluding tert-OH is 1. The van der Waals surface area contributed by atoms with Crippen molar-refractivity contribution >= 4 is 44.4 Å². The average molecular weight is 622 g/mol. The first-order chi connectivity index (χ1) is 22.6. The molecule has 0 unspecified atom stereocenters. The monoisotopic (exact) mass is 621 g/mol. The number of hydrogen-bond donors (Lipinski definition) is 1. The molecule has 1 saturated carbocycles. The van der Waals surface area contributed by atoms with Crippen LogP contribution in [0.5, 0.6) is 0 Å². The van der Waals surface area contributed by atoms with Crippen LogP contribution < -0.4 is 4.90 Å². The Morgan fingerprint density at radius 3 is 2.15 bits per heavy atom. The zero-order chi connectivity index (χ0) is 32.7. The van der Waals surface area contributed by atoms with Gasteiger partial charge < -0.3 is 10.0 Å². The van der Waals surface area contributed by atoms with Gasteiger partial charge in [0.05, 0.1) is 16.6 Å². The van der Waals surface area contributed by atoms with Crippen molar-refractivity contribution in [3.63, 3.8) is 0 Å². The van der Waals surface area contributed by atoms with E-state index < -0.39 is 0 Å². The second-order valence-corrected chi connectivity index (χ2v) is 15.1. The number of carbonyl (C=O) groups excluding carboxylic acids is 1. The second kappa shape index (κ2) is 10.8. The van der Waals surface area contributed by atoms with Crippen LogP contribution in [0.4, 0.5) is 11.4 Å². The lowest BCUT2D eigenvalue weighted by Crippen LogP contribution is -2.34. The number of likely N-dealkylation sites (N-methyl/N-ethyl adjacent to an activating group) is 1. The molecule has 0 bridgehead atoms. The molecule has 0 aromatic heterocycles. The lowest BCUT2D eigenvalue weighted by molar-refractivity contribution is -0.439. The Bertz CT molecular complexity index is 2120. The number of Topliss-reactive ketones (excluding diaryl/α,β-unsaturated/α-hetero) is 1. The maximum absolute atomic E-state index is 14.1. The fourth-order valence-corrected chi connectivity index (χ4v) is 9.13. The summed E-state index contributed by atoms with van der Waals surface area (Å²) in [5, 5.41) is 16.7. The Morgan fingerprint density at radius 1 is 0.851 bits per heavy atom. The molecule has 0 amide bonds. The first kappa shape index (κ1) is 29.9. The standard InChI is InChI=1S/C43H44N2O2/c1-27(2)21-24-45-35-20-18-28-13-7-9-15-30(28)38(35)42(3,4)36(45)25-32-40(46)33(41(32)47)26-37-43(22-11-6-12-23-43)39-31-16-10-8-14-29(31)17-19-34(39)44(37)5/h7-10,13-20,25-27H,6,11-12,21-24H2,1-5H3/p+1. The molecule has 4 aromatic carbocycles. The molecule has 2 heterocycles. The maximum Gasteiger partial charge on any atom is 0.210 e. The SMILES string of the molecule is CC(C)CC[N+]1=C(C=C2C(=O)C(C=C3N(C)c4ccc5ccccc5c4C34CCCCC4)=C2O)C(C)(C)c2c1ccc1ccccc21. The van der Waals surface area contributed by atoms with Crippen LogP contribution in [0.3, 0.4) is 0 Å². The largest absolute Gasteiger partial charge is 0.506 e. The van der Waals surface area contributed by atoms with Crippen LogP contribution in [0.2, 0.25) is 0 Å². The molecular formula is C43H45N2O2+. The number of allylic oxidation sites excluding steroid dienone is 5. The molecule has 4 aliphatic rings. The fraction of sp³-hybridized carbons (Fsp3) is 0.349. The summed E-state index contributed by atoms with van der Waals surface area (Å²) in [5.41, 5.74) is 7.69. The summed E-state index contributed by atoms with van der Waals surface area (Å²) in [5.74, 6) is 0.601. The molecule has 1 N–H and O–H groups in total. The van der Waals surface area contributed by atoms with Crippen LogP contribution in [0.15, 0.2) is 108 Å². The zero-order valence-electron chi connectivity index (χ0n) is 28.4. The number of hydrogen-bond acceptors (Lipinski definition) is 3. The minimum absolute atomic E-state index is 0.0666. The van der Waals surface area contributed by atoms with E-state index in [4.69, 9.17) is 0 Å². The van der Waals surface area contributed by atoms with Crippen LogP contribution in [0.25, 0.3) is 21.5 Å². The van der Waals surface area contributed by atoms with E-state index in [1.807, 2.05) is 12.2 Å². The van der Waals surface area contributed by atoms with Gasteiger partial charge in [0.1, 0.15) is 12.3 Å². The predicted molar refractivity (Wildman–Crippen MR) is 194 cm³/mol. The van der Waals surface area contributed by atoms with Gasteiger partial charge >= 0.3 is 0 Å². The smallest absolute Gasteiger partial charge is 0.210 e. The van der Waals surface area contributed by atoms with Crippen LogP contribution >= 0.6 is 0 Å². The molecule has 8 rings (SSSR count). The minimum atomic E-state index is -0.338. The number of nitrogens with zero attached hydrogens (tertiary/aromatic N) is 2. The topological polar surface area (TPSA) is 43.5 Å². The lowest BCUT2D eigenvalue weighted by Gasteiger charge is -2.37. The zero-order valence-corrected chi connectivity index (χ0v) is 28.4. The summed E-state index contributed by atoms with van der Waals surface area (Å²) in [6.45, 7) is 9.89. The van der Waals surface area contributed by atoms with Crippen LogP contribution in [0, 0.1) is 5.92 Å². The molecule has 0 saturated heterocycles. The summed E-state index contributed by atoms with van der Waals surface area (Å²) in [7, 11) is 2.13. The number of carbonyl (C=O) groups is 1. The van der Waals surface area contributed by atoms with Crippen LogP contribution in [-0.2, 0) is 15.6 Å². The summed E-state index contributed by atoms with van der Waals surface area (Å²) in [4.78, 5) is 16.4. The van der Waals surface area contributed by atoms with E-state index in [0.717, 1.165) is 50.1 Å². The van der Waals surface area contributed by atoms with Gasteiger partial charge in [0, 0.05) is 48.0 Å².